The van der Waals surface area contributed by atoms with Crippen LogP contribution in [0.3, 0.4) is 0 Å². The van der Waals surface area contributed by atoms with Crippen molar-refractivity contribution in [3.8, 4) is 0 Å². The van der Waals surface area contributed by atoms with E-state index in [9.17, 15) is 26.4 Å². The van der Waals surface area contributed by atoms with E-state index in [1.165, 1.54) is 42.5 Å². The number of hydrogen-bond donors (Lipinski definition) is 0. The Bertz CT molecular complexity index is 997. The first-order chi connectivity index (χ1) is 13.9. The number of Topliss-reactive ketones (excluding diaryl/α,β-unsaturated/α-hetero) is 1. The maximum atomic E-state index is 12.7. The van der Waals surface area contributed by atoms with Gasteiger partial charge in [-0.3, -0.25) is 4.79 Å². The molecule has 0 aromatic carbocycles. The van der Waals surface area contributed by atoms with E-state index >= 15 is 0 Å². The summed E-state index contributed by atoms with van der Waals surface area (Å²) in [5.41, 5.74) is 0.872. The molecule has 166 valence electrons. The van der Waals surface area contributed by atoms with Crippen molar-refractivity contribution < 1.29 is 26.4 Å². The average molecular weight is 464 g/mol. The minimum absolute atomic E-state index is 0.0224. The quantitative estimate of drug-likeness (QED) is 0.414. The standard InChI is InChI=1S/C19H24F3N3O3S2/c1-5-24(6-2)30(27,28)15-7-8-18(23-10-15)29-11-17(26)16-9-13(3)25(14(16)4)12-19(20,21)22/h7-10H,5-6,11-12H2,1-4H3. The van der Waals surface area contributed by atoms with Gasteiger partial charge in [0.05, 0.1) is 10.8 Å². The molecule has 2 aromatic rings. The summed E-state index contributed by atoms with van der Waals surface area (Å²) in [6.07, 6.45) is -3.13. The number of rotatable bonds is 9. The van der Waals surface area contributed by atoms with Gasteiger partial charge in [-0.2, -0.15) is 17.5 Å². The van der Waals surface area contributed by atoms with Crippen molar-refractivity contribution in [3.63, 3.8) is 0 Å². The zero-order valence-electron chi connectivity index (χ0n) is 17.2. The third-order valence-corrected chi connectivity index (χ3v) is 7.59. The fourth-order valence-electron chi connectivity index (χ4n) is 3.04. The van der Waals surface area contributed by atoms with Gasteiger partial charge in [0.1, 0.15) is 11.4 Å². The van der Waals surface area contributed by atoms with E-state index in [0.29, 0.717) is 23.8 Å². The van der Waals surface area contributed by atoms with Crippen molar-refractivity contribution in [1.29, 1.82) is 0 Å². The van der Waals surface area contributed by atoms with Crippen molar-refractivity contribution in [1.82, 2.24) is 13.9 Å². The topological polar surface area (TPSA) is 72.3 Å². The Kier molecular flexibility index (Phi) is 7.75. The second-order valence-electron chi connectivity index (χ2n) is 6.62. The molecular formula is C19H24F3N3O3S2. The lowest BCUT2D eigenvalue weighted by Crippen LogP contribution is -2.30. The highest BCUT2D eigenvalue weighted by atomic mass is 32.2. The van der Waals surface area contributed by atoms with Crippen molar-refractivity contribution in [3.05, 3.63) is 41.3 Å². The number of hydrogen-bond acceptors (Lipinski definition) is 5. The predicted molar refractivity (Wildman–Crippen MR) is 109 cm³/mol. The van der Waals surface area contributed by atoms with Gasteiger partial charge in [-0.15, -0.1) is 0 Å². The largest absolute Gasteiger partial charge is 0.406 e. The maximum absolute atomic E-state index is 12.7. The van der Waals surface area contributed by atoms with Crippen LogP contribution in [0.2, 0.25) is 0 Å². The van der Waals surface area contributed by atoms with Gasteiger partial charge in [-0.25, -0.2) is 13.4 Å². The number of alkyl halides is 3. The highest BCUT2D eigenvalue weighted by molar-refractivity contribution is 7.99. The molecule has 0 aliphatic rings. The Labute approximate surface area is 178 Å². The monoisotopic (exact) mass is 463 g/mol. The zero-order valence-corrected chi connectivity index (χ0v) is 18.8. The third-order valence-electron chi connectivity index (χ3n) is 4.61. The highest BCUT2D eigenvalue weighted by Gasteiger charge is 2.30. The molecule has 11 heteroatoms. The van der Waals surface area contributed by atoms with Crippen LogP contribution in [0.1, 0.15) is 35.6 Å². The summed E-state index contributed by atoms with van der Waals surface area (Å²) >= 11 is 1.10. The van der Waals surface area contributed by atoms with E-state index in [1.807, 2.05) is 0 Å². The molecule has 0 aliphatic heterocycles. The molecule has 2 rings (SSSR count). The van der Waals surface area contributed by atoms with Crippen LogP contribution < -0.4 is 0 Å². The van der Waals surface area contributed by atoms with Gasteiger partial charge in [0.2, 0.25) is 10.0 Å². The Morgan fingerprint density at radius 3 is 2.33 bits per heavy atom. The van der Waals surface area contributed by atoms with Crippen LogP contribution in [0.4, 0.5) is 13.2 Å². The fourth-order valence-corrected chi connectivity index (χ4v) is 5.17. The van der Waals surface area contributed by atoms with Crippen molar-refractivity contribution in [2.45, 2.75) is 50.3 Å². The number of halogens is 3. The van der Waals surface area contributed by atoms with Gasteiger partial charge in [-0.05, 0) is 32.0 Å². The lowest BCUT2D eigenvalue weighted by atomic mass is 10.2. The van der Waals surface area contributed by atoms with Crippen molar-refractivity contribution in [2.75, 3.05) is 18.8 Å². The average Bonchev–Trinajstić information content (AvgIpc) is 2.94. The molecule has 0 fully saturated rings. The van der Waals surface area contributed by atoms with Gasteiger partial charge >= 0.3 is 6.18 Å². The van der Waals surface area contributed by atoms with Gasteiger partial charge < -0.3 is 4.57 Å². The number of carbonyl (C=O) groups is 1. The van der Waals surface area contributed by atoms with E-state index in [4.69, 9.17) is 0 Å². The molecule has 6 nitrogen and oxygen atoms in total. The van der Waals surface area contributed by atoms with E-state index in [0.717, 1.165) is 16.3 Å². The van der Waals surface area contributed by atoms with Crippen LogP contribution in [-0.2, 0) is 16.6 Å². The van der Waals surface area contributed by atoms with Gasteiger partial charge in [0.15, 0.2) is 5.78 Å². The SMILES string of the molecule is CCN(CC)S(=O)(=O)c1ccc(SCC(=O)c2cc(C)n(CC(F)(F)F)c2C)nc1. The summed E-state index contributed by atoms with van der Waals surface area (Å²) in [4.78, 5) is 16.7. The molecule has 0 radical (unpaired) electrons. The van der Waals surface area contributed by atoms with Crippen LogP contribution in [0.25, 0.3) is 0 Å². The molecule has 2 heterocycles. The van der Waals surface area contributed by atoms with Gasteiger partial charge in [-0.1, -0.05) is 25.6 Å². The van der Waals surface area contributed by atoms with Gasteiger partial charge in [0, 0.05) is 36.2 Å². The zero-order chi connectivity index (χ0) is 22.7. The molecule has 0 atom stereocenters. The molecule has 0 saturated carbocycles. The predicted octanol–water partition coefficient (Wildman–Crippen LogP) is 4.07. The third kappa shape index (κ3) is 5.64. The number of carbonyl (C=O) groups excluding carboxylic acids is 1. The van der Waals surface area contributed by atoms with Crippen molar-refractivity contribution >= 4 is 27.6 Å². The lowest BCUT2D eigenvalue weighted by Gasteiger charge is -2.18. The molecule has 0 aliphatic carbocycles. The first-order valence-corrected chi connectivity index (χ1v) is 11.7. The van der Waals surface area contributed by atoms with E-state index in [2.05, 4.69) is 4.98 Å². The molecule has 0 N–H and O–H groups in total. The van der Waals surface area contributed by atoms with Crippen molar-refractivity contribution in [2.24, 2.45) is 0 Å². The number of nitrogens with zero attached hydrogens (tertiary/aromatic N) is 3. The van der Waals surface area contributed by atoms with Crippen LogP contribution >= 0.6 is 11.8 Å². The summed E-state index contributed by atoms with van der Waals surface area (Å²) in [6, 6.07) is 4.40. The Morgan fingerprint density at radius 1 is 1.20 bits per heavy atom. The molecule has 0 spiro atoms. The molecule has 2 aromatic heterocycles. The highest BCUT2D eigenvalue weighted by Crippen LogP contribution is 2.25. The first-order valence-electron chi connectivity index (χ1n) is 9.26. The molecular weight excluding hydrogens is 439 g/mol. The number of thioether (sulfide) groups is 1. The number of sulfonamides is 1. The molecule has 0 unspecified atom stereocenters. The van der Waals surface area contributed by atoms with E-state index in [-0.39, 0.29) is 27.7 Å². The Balaban J connectivity index is 2.10. The number of aromatic nitrogens is 2. The minimum atomic E-state index is -4.37. The Morgan fingerprint density at radius 2 is 1.83 bits per heavy atom. The molecule has 0 amide bonds. The fraction of sp³-hybridized carbons (Fsp3) is 0.474. The Hall–Kier alpha value is -1.85. The summed E-state index contributed by atoms with van der Waals surface area (Å²) < 4.78 is 65.5. The van der Waals surface area contributed by atoms with E-state index < -0.39 is 22.7 Å². The van der Waals surface area contributed by atoms with Crippen LogP contribution in [0.5, 0.6) is 0 Å². The summed E-state index contributed by atoms with van der Waals surface area (Å²) in [5.74, 6) is -0.339. The molecule has 30 heavy (non-hydrogen) atoms. The lowest BCUT2D eigenvalue weighted by molar-refractivity contribution is -0.141. The number of pyridine rings is 1. The van der Waals surface area contributed by atoms with Crippen LogP contribution in [-0.4, -0.2) is 53.1 Å². The van der Waals surface area contributed by atoms with Crippen LogP contribution in [0.15, 0.2) is 34.3 Å². The smallest absolute Gasteiger partial charge is 0.339 e. The second kappa shape index (κ2) is 9.52. The minimum Gasteiger partial charge on any atom is -0.339 e. The number of aryl methyl sites for hydroxylation is 1. The van der Waals surface area contributed by atoms with Crippen LogP contribution in [0, 0.1) is 13.8 Å². The number of ketones is 1. The molecule has 0 bridgehead atoms. The van der Waals surface area contributed by atoms with Gasteiger partial charge in [0.25, 0.3) is 0 Å². The first kappa shape index (κ1) is 24.4. The summed E-state index contributed by atoms with van der Waals surface area (Å²) in [5, 5.41) is 0.450. The summed E-state index contributed by atoms with van der Waals surface area (Å²) in [6.45, 7) is 6.05. The van der Waals surface area contributed by atoms with E-state index in [1.54, 1.807) is 13.8 Å². The molecule has 0 saturated heterocycles. The normalized spacial score (nSPS) is 12.5. The maximum Gasteiger partial charge on any atom is 0.406 e. The second-order valence-corrected chi connectivity index (χ2v) is 9.55. The summed E-state index contributed by atoms with van der Waals surface area (Å²) in [7, 11) is -3.61.